The highest BCUT2D eigenvalue weighted by molar-refractivity contribution is 6.23. The Hall–Kier alpha value is -3.33. The highest BCUT2D eigenvalue weighted by Gasteiger charge is 2.64. The quantitative estimate of drug-likeness (QED) is 0.357. The maximum absolute atomic E-state index is 14.1. The minimum Gasteiger partial charge on any atom is -0.508 e. The molecule has 39 heavy (non-hydrogen) atoms. The van der Waals surface area contributed by atoms with Crippen molar-refractivity contribution in [2.24, 2.45) is 35.3 Å². The fourth-order valence-electron chi connectivity index (χ4n) is 7.67. The first kappa shape index (κ1) is 27.2. The number of nitrogens with two attached hydrogens (primary N) is 1. The molecule has 9 heteroatoms. The van der Waals surface area contributed by atoms with E-state index in [-0.39, 0.29) is 29.2 Å². The minimum absolute atomic E-state index is 0.0793. The molecule has 0 saturated heterocycles. The fraction of sp³-hybridized carbons (Fsp3) is 0.567. The lowest BCUT2D eigenvalue weighted by molar-refractivity contribution is -0.155. The number of phenolic OH excluding ortho intramolecular Hbond substituents is 1. The van der Waals surface area contributed by atoms with Crippen LogP contribution in [0.2, 0.25) is 0 Å². The molecule has 4 aliphatic carbocycles. The SMILES string of the molecule is CC(C)[C@@H]1C(=O)C(C(N)=O)=C(O)[C@@]2(O)C(=O)C3=C(O)c4c(O)c(CC5CCCC5)cc(N(C)C)c4C[C@H]3C[C@@H]12. The highest BCUT2D eigenvalue weighted by atomic mass is 16.3. The predicted octanol–water partition coefficient (Wildman–Crippen LogP) is 3.10. The van der Waals surface area contributed by atoms with Gasteiger partial charge in [-0.15, -0.1) is 0 Å². The van der Waals surface area contributed by atoms with Gasteiger partial charge in [0.25, 0.3) is 5.91 Å². The molecule has 0 aliphatic heterocycles. The molecular weight excluding hydrogens is 500 g/mol. The van der Waals surface area contributed by atoms with Crippen molar-refractivity contribution in [1.82, 2.24) is 0 Å². The van der Waals surface area contributed by atoms with Crippen LogP contribution in [0.1, 0.15) is 62.6 Å². The summed E-state index contributed by atoms with van der Waals surface area (Å²) < 4.78 is 0. The molecule has 4 aliphatic rings. The van der Waals surface area contributed by atoms with Crippen LogP contribution in [-0.2, 0) is 27.2 Å². The van der Waals surface area contributed by atoms with Crippen LogP contribution in [0.5, 0.6) is 5.75 Å². The molecular formula is C30H38N2O7. The Balaban J connectivity index is 1.71. The number of nitrogens with zero attached hydrogens (tertiary/aromatic N) is 1. The standard InChI is InChI=1S/C30H38N2O7/c1-13(2)20-18-11-15-10-17-19(32(3)4)12-16(9-14-7-5-6-8-14)24(33)22(17)26(35)21(15)27(36)30(18,39)28(37)23(25(20)34)29(31)38/h12-15,18,20,33,35,37,39H,5-11H2,1-4H3,(H2,31,38)/t15-,18-,20-,30-/m0/s1. The van der Waals surface area contributed by atoms with Crippen LogP contribution in [-0.4, -0.2) is 57.6 Å². The van der Waals surface area contributed by atoms with Gasteiger partial charge in [-0.25, -0.2) is 0 Å². The van der Waals surface area contributed by atoms with E-state index in [4.69, 9.17) is 5.73 Å². The topological polar surface area (TPSA) is 161 Å². The van der Waals surface area contributed by atoms with E-state index >= 15 is 0 Å². The van der Waals surface area contributed by atoms with Crippen molar-refractivity contribution in [1.29, 1.82) is 0 Å². The molecule has 2 fully saturated rings. The Bertz CT molecular complexity index is 1340. The van der Waals surface area contributed by atoms with Gasteiger partial charge in [0.1, 0.15) is 22.8 Å². The average Bonchev–Trinajstić information content (AvgIpc) is 3.35. The third-order valence-electron chi connectivity index (χ3n) is 9.49. The van der Waals surface area contributed by atoms with Gasteiger partial charge in [-0.05, 0) is 54.2 Å². The third kappa shape index (κ3) is 3.88. The van der Waals surface area contributed by atoms with Crippen molar-refractivity contribution < 1.29 is 34.8 Å². The van der Waals surface area contributed by atoms with Crippen molar-refractivity contribution in [3.05, 3.63) is 39.7 Å². The van der Waals surface area contributed by atoms with Crippen molar-refractivity contribution in [3.8, 4) is 5.75 Å². The van der Waals surface area contributed by atoms with Crippen LogP contribution >= 0.6 is 0 Å². The molecule has 0 aromatic heterocycles. The predicted molar refractivity (Wildman–Crippen MR) is 145 cm³/mol. The molecule has 6 N–H and O–H groups in total. The van der Waals surface area contributed by atoms with Gasteiger partial charge in [-0.3, -0.25) is 14.4 Å². The molecule has 0 bridgehead atoms. The molecule has 4 atom stereocenters. The summed E-state index contributed by atoms with van der Waals surface area (Å²) in [5, 5.41) is 45.8. The number of carbonyl (C=O) groups excluding carboxylic acids is 3. The lowest BCUT2D eigenvalue weighted by Gasteiger charge is -2.50. The number of anilines is 1. The number of hydrogen-bond acceptors (Lipinski definition) is 8. The largest absolute Gasteiger partial charge is 0.508 e. The Morgan fingerprint density at radius 2 is 1.79 bits per heavy atom. The molecule has 5 rings (SSSR count). The number of aliphatic hydroxyl groups excluding tert-OH is 2. The van der Waals surface area contributed by atoms with Gasteiger partial charge in [0.15, 0.2) is 11.4 Å². The Kier molecular flexibility index (Phi) is 6.57. The second-order valence-corrected chi connectivity index (χ2v) is 12.3. The summed E-state index contributed by atoms with van der Waals surface area (Å²) in [5.74, 6) is -6.88. The number of fused-ring (bicyclic) bond motifs is 3. The van der Waals surface area contributed by atoms with Crippen molar-refractivity contribution in [3.63, 3.8) is 0 Å². The molecule has 2 saturated carbocycles. The van der Waals surface area contributed by atoms with Crippen LogP contribution in [0.3, 0.4) is 0 Å². The van der Waals surface area contributed by atoms with Gasteiger partial charge in [-0.2, -0.15) is 0 Å². The molecule has 0 heterocycles. The van der Waals surface area contributed by atoms with E-state index in [1.165, 1.54) is 0 Å². The summed E-state index contributed by atoms with van der Waals surface area (Å²) in [5.41, 5.74) is 4.32. The molecule has 1 aromatic carbocycles. The van der Waals surface area contributed by atoms with Gasteiger partial charge >= 0.3 is 0 Å². The van der Waals surface area contributed by atoms with E-state index in [2.05, 4.69) is 0 Å². The molecule has 0 spiro atoms. The van der Waals surface area contributed by atoms with Gasteiger partial charge < -0.3 is 31.1 Å². The Morgan fingerprint density at radius 3 is 2.36 bits per heavy atom. The molecule has 1 amide bonds. The maximum atomic E-state index is 14.1. The monoisotopic (exact) mass is 538 g/mol. The molecule has 0 unspecified atom stereocenters. The number of aliphatic hydroxyl groups is 3. The van der Waals surface area contributed by atoms with E-state index < -0.39 is 57.9 Å². The number of primary amides is 1. The Morgan fingerprint density at radius 1 is 1.15 bits per heavy atom. The summed E-state index contributed by atoms with van der Waals surface area (Å²) >= 11 is 0. The third-order valence-corrected chi connectivity index (χ3v) is 9.49. The first-order valence-electron chi connectivity index (χ1n) is 13.8. The molecule has 9 nitrogen and oxygen atoms in total. The zero-order valence-electron chi connectivity index (χ0n) is 23.0. The van der Waals surface area contributed by atoms with Crippen molar-refractivity contribution >= 4 is 28.9 Å². The molecule has 1 aromatic rings. The highest BCUT2D eigenvalue weighted by Crippen LogP contribution is 2.56. The summed E-state index contributed by atoms with van der Waals surface area (Å²) in [7, 11) is 3.77. The molecule has 210 valence electrons. The number of ketones is 2. The van der Waals surface area contributed by atoms with E-state index in [1.807, 2.05) is 25.1 Å². The second kappa shape index (κ2) is 9.40. The Labute approximate surface area is 228 Å². The number of benzene rings is 1. The number of hydrogen-bond donors (Lipinski definition) is 5. The lowest BCUT2D eigenvalue weighted by Crippen LogP contribution is -2.62. The number of phenols is 1. The van der Waals surface area contributed by atoms with E-state index in [0.29, 0.717) is 29.9 Å². The lowest BCUT2D eigenvalue weighted by atomic mass is 9.54. The fourth-order valence-corrected chi connectivity index (χ4v) is 7.67. The smallest absolute Gasteiger partial charge is 0.255 e. The number of carbonyl (C=O) groups is 3. The van der Waals surface area contributed by atoms with Crippen molar-refractivity contribution in [2.75, 3.05) is 19.0 Å². The number of Topliss-reactive ketones (excluding diaryl/α,β-unsaturated/α-hetero) is 2. The van der Waals surface area contributed by atoms with E-state index in [1.54, 1.807) is 13.8 Å². The normalized spacial score (nSPS) is 29.0. The van der Waals surface area contributed by atoms with Gasteiger partial charge in [0, 0.05) is 37.2 Å². The van der Waals surface area contributed by atoms with Gasteiger partial charge in [0.2, 0.25) is 5.78 Å². The first-order valence-corrected chi connectivity index (χ1v) is 13.8. The average molecular weight is 539 g/mol. The van der Waals surface area contributed by atoms with Crippen LogP contribution in [0, 0.1) is 29.6 Å². The van der Waals surface area contributed by atoms with Crippen molar-refractivity contribution in [2.45, 2.75) is 64.4 Å². The van der Waals surface area contributed by atoms with E-state index in [9.17, 15) is 34.8 Å². The maximum Gasteiger partial charge on any atom is 0.255 e. The van der Waals surface area contributed by atoms with Crippen LogP contribution in [0.4, 0.5) is 5.69 Å². The minimum atomic E-state index is -2.59. The van der Waals surface area contributed by atoms with E-state index in [0.717, 1.165) is 31.4 Å². The number of aromatic hydroxyl groups is 1. The summed E-state index contributed by atoms with van der Waals surface area (Å²) in [6, 6.07) is 1.96. The summed E-state index contributed by atoms with van der Waals surface area (Å²) in [4.78, 5) is 41.4. The van der Waals surface area contributed by atoms with Crippen LogP contribution in [0.15, 0.2) is 23.0 Å². The summed E-state index contributed by atoms with van der Waals surface area (Å²) in [6.07, 6.45) is 5.49. The zero-order chi connectivity index (χ0) is 28.5. The van der Waals surface area contributed by atoms with Gasteiger partial charge in [0.05, 0.1) is 5.56 Å². The van der Waals surface area contributed by atoms with Gasteiger partial charge in [-0.1, -0.05) is 39.5 Å². The number of amides is 1. The zero-order valence-corrected chi connectivity index (χ0v) is 23.0. The second-order valence-electron chi connectivity index (χ2n) is 12.3. The molecule has 0 radical (unpaired) electrons. The number of rotatable bonds is 5. The van der Waals surface area contributed by atoms with Crippen LogP contribution in [0.25, 0.3) is 5.76 Å². The van der Waals surface area contributed by atoms with Crippen LogP contribution < -0.4 is 10.6 Å². The first-order chi connectivity index (χ1) is 18.3. The summed E-state index contributed by atoms with van der Waals surface area (Å²) in [6.45, 7) is 3.50.